The van der Waals surface area contributed by atoms with Crippen LogP contribution >= 0.6 is 11.6 Å². The fraction of sp³-hybridized carbons (Fsp3) is 0.368. The third-order valence-electron chi connectivity index (χ3n) is 4.20. The molecule has 0 aliphatic heterocycles. The van der Waals surface area contributed by atoms with Gasteiger partial charge in [-0.2, -0.15) is 5.10 Å². The van der Waals surface area contributed by atoms with E-state index in [9.17, 15) is 4.79 Å². The van der Waals surface area contributed by atoms with Gasteiger partial charge in [0.1, 0.15) is 5.69 Å². The van der Waals surface area contributed by atoms with Crippen LogP contribution in [0, 0.1) is 6.92 Å². The first-order chi connectivity index (χ1) is 13.0. The van der Waals surface area contributed by atoms with Crippen LogP contribution in [0.4, 0.5) is 0 Å². The zero-order valence-corrected chi connectivity index (χ0v) is 16.4. The van der Waals surface area contributed by atoms with Gasteiger partial charge in [0.15, 0.2) is 0 Å². The molecule has 142 valence electrons. The van der Waals surface area contributed by atoms with E-state index in [0.29, 0.717) is 36.2 Å². The summed E-state index contributed by atoms with van der Waals surface area (Å²) in [5, 5.41) is 13.2. The molecule has 8 heteroatoms. The number of carbonyl (C=O) groups excluding carboxylic acids is 1. The zero-order chi connectivity index (χ0) is 19.4. The molecule has 1 amide bonds. The van der Waals surface area contributed by atoms with Gasteiger partial charge in [-0.15, -0.1) is 10.2 Å². The molecule has 3 rings (SSSR count). The van der Waals surface area contributed by atoms with E-state index in [2.05, 4.69) is 15.3 Å². The lowest BCUT2D eigenvalue weighted by Crippen LogP contribution is -2.26. The molecular formula is C19H22ClN5O2. The number of carbonyl (C=O) groups is 1. The fourth-order valence-electron chi connectivity index (χ4n) is 2.77. The van der Waals surface area contributed by atoms with Crippen LogP contribution in [0.5, 0.6) is 0 Å². The number of rotatable bonds is 7. The van der Waals surface area contributed by atoms with Crippen molar-refractivity contribution in [1.82, 2.24) is 24.9 Å². The molecule has 0 spiro atoms. The van der Waals surface area contributed by atoms with Crippen LogP contribution in [0.15, 0.2) is 34.7 Å². The molecule has 0 saturated heterocycles. The average molecular weight is 388 g/mol. The van der Waals surface area contributed by atoms with Gasteiger partial charge in [-0.25, -0.2) is 0 Å². The van der Waals surface area contributed by atoms with Gasteiger partial charge in [0.25, 0.3) is 5.89 Å². The molecule has 0 unspecified atom stereocenters. The van der Waals surface area contributed by atoms with Gasteiger partial charge in [-0.05, 0) is 37.6 Å². The van der Waals surface area contributed by atoms with Gasteiger partial charge < -0.3 is 9.32 Å². The number of hydrogen-bond donors (Lipinski definition) is 0. The smallest absolute Gasteiger partial charge is 0.265 e. The predicted molar refractivity (Wildman–Crippen MR) is 102 cm³/mol. The molecule has 2 aromatic heterocycles. The topological polar surface area (TPSA) is 77.1 Å². The Morgan fingerprint density at radius 3 is 2.70 bits per heavy atom. The van der Waals surface area contributed by atoms with Crippen molar-refractivity contribution >= 4 is 17.5 Å². The van der Waals surface area contributed by atoms with Crippen molar-refractivity contribution in [3.63, 3.8) is 0 Å². The molecular weight excluding hydrogens is 366 g/mol. The lowest BCUT2D eigenvalue weighted by atomic mass is 10.2. The van der Waals surface area contributed by atoms with Crippen LogP contribution in [0.2, 0.25) is 5.02 Å². The summed E-state index contributed by atoms with van der Waals surface area (Å²) in [5.41, 5.74) is 2.71. The Hall–Kier alpha value is -2.67. The molecule has 0 aliphatic rings. The lowest BCUT2D eigenvalue weighted by molar-refractivity contribution is -0.130. The summed E-state index contributed by atoms with van der Waals surface area (Å²) in [6.07, 6.45) is 0.702. The first kappa shape index (κ1) is 19.1. The second kappa shape index (κ2) is 8.35. The van der Waals surface area contributed by atoms with Crippen LogP contribution in [-0.2, 0) is 24.3 Å². The van der Waals surface area contributed by atoms with Gasteiger partial charge in [0.05, 0.1) is 5.69 Å². The minimum Gasteiger partial charge on any atom is -0.419 e. The molecule has 1 aromatic carbocycles. The lowest BCUT2D eigenvalue weighted by Gasteiger charge is -2.16. The highest BCUT2D eigenvalue weighted by Gasteiger charge is 2.16. The van der Waals surface area contributed by atoms with Crippen LogP contribution < -0.4 is 0 Å². The highest BCUT2D eigenvalue weighted by Crippen LogP contribution is 2.20. The number of halogens is 1. The number of aryl methyl sites for hydroxylation is 3. The standard InChI is InChI=1S/C19H22ClN5O2/c1-4-25-16(11-13(2)23-25)19-22-21-17(27-19)9-10-18(26)24(3)12-14-5-7-15(20)8-6-14/h5-8,11H,4,9-10,12H2,1-3H3. The number of aromatic nitrogens is 4. The molecule has 0 radical (unpaired) electrons. The summed E-state index contributed by atoms with van der Waals surface area (Å²) >= 11 is 5.89. The Balaban J connectivity index is 1.57. The first-order valence-corrected chi connectivity index (χ1v) is 9.19. The Bertz CT molecular complexity index is 917. The second-order valence-electron chi connectivity index (χ2n) is 6.36. The molecule has 0 aliphatic carbocycles. The van der Waals surface area contributed by atoms with Gasteiger partial charge in [-0.3, -0.25) is 9.48 Å². The minimum absolute atomic E-state index is 0.0131. The van der Waals surface area contributed by atoms with Crippen LogP contribution in [-0.4, -0.2) is 37.8 Å². The van der Waals surface area contributed by atoms with E-state index < -0.39 is 0 Å². The molecule has 3 aromatic rings. The molecule has 0 saturated carbocycles. The van der Waals surface area contributed by atoms with Crippen molar-refractivity contribution in [3.05, 3.63) is 52.5 Å². The summed E-state index contributed by atoms with van der Waals surface area (Å²) in [7, 11) is 1.78. The quantitative estimate of drug-likeness (QED) is 0.620. The highest BCUT2D eigenvalue weighted by molar-refractivity contribution is 6.30. The van der Waals surface area contributed by atoms with E-state index in [1.165, 1.54) is 0 Å². The molecule has 2 heterocycles. The van der Waals surface area contributed by atoms with E-state index in [0.717, 1.165) is 23.5 Å². The Labute approximate surface area is 162 Å². The van der Waals surface area contributed by atoms with E-state index in [4.69, 9.17) is 16.0 Å². The fourth-order valence-corrected chi connectivity index (χ4v) is 2.90. The summed E-state index contributed by atoms with van der Waals surface area (Å²) in [6.45, 7) is 5.17. The van der Waals surface area contributed by atoms with Crippen LogP contribution in [0.25, 0.3) is 11.6 Å². The summed E-state index contributed by atoms with van der Waals surface area (Å²) in [4.78, 5) is 14.0. The second-order valence-corrected chi connectivity index (χ2v) is 6.80. The van der Waals surface area contributed by atoms with E-state index in [1.54, 1.807) is 11.9 Å². The van der Waals surface area contributed by atoms with Gasteiger partial charge in [0, 0.05) is 38.0 Å². The molecule has 0 bridgehead atoms. The Morgan fingerprint density at radius 1 is 1.26 bits per heavy atom. The van der Waals surface area contributed by atoms with Gasteiger partial charge in [0.2, 0.25) is 11.8 Å². The number of amides is 1. The number of nitrogens with zero attached hydrogens (tertiary/aromatic N) is 5. The predicted octanol–water partition coefficient (Wildman–Crippen LogP) is 3.51. The molecule has 0 fully saturated rings. The normalized spacial score (nSPS) is 11.0. The third kappa shape index (κ3) is 4.74. The molecule has 0 N–H and O–H groups in total. The van der Waals surface area contributed by atoms with Crippen LogP contribution in [0.3, 0.4) is 0 Å². The number of hydrogen-bond acceptors (Lipinski definition) is 5. The monoisotopic (exact) mass is 387 g/mol. The van der Waals surface area contributed by atoms with Crippen molar-refractivity contribution in [2.45, 2.75) is 39.8 Å². The maximum absolute atomic E-state index is 12.4. The van der Waals surface area contributed by atoms with Crippen molar-refractivity contribution in [3.8, 4) is 11.6 Å². The first-order valence-electron chi connectivity index (χ1n) is 8.82. The maximum atomic E-state index is 12.4. The highest BCUT2D eigenvalue weighted by atomic mass is 35.5. The largest absolute Gasteiger partial charge is 0.419 e. The zero-order valence-electron chi connectivity index (χ0n) is 15.6. The van der Waals surface area contributed by atoms with Gasteiger partial charge >= 0.3 is 0 Å². The van der Waals surface area contributed by atoms with Crippen LogP contribution in [0.1, 0.15) is 30.5 Å². The van der Waals surface area contributed by atoms with E-state index in [1.807, 2.05) is 48.9 Å². The van der Waals surface area contributed by atoms with Crippen molar-refractivity contribution in [2.24, 2.45) is 0 Å². The van der Waals surface area contributed by atoms with Gasteiger partial charge in [-0.1, -0.05) is 23.7 Å². The molecule has 7 nitrogen and oxygen atoms in total. The SMILES string of the molecule is CCn1nc(C)cc1-c1nnc(CCC(=O)N(C)Cc2ccc(Cl)cc2)o1. The third-order valence-corrected chi connectivity index (χ3v) is 4.45. The Morgan fingerprint density at radius 2 is 2.00 bits per heavy atom. The summed E-state index contributed by atoms with van der Waals surface area (Å²) in [6, 6.07) is 9.37. The van der Waals surface area contributed by atoms with Crippen molar-refractivity contribution in [2.75, 3.05) is 7.05 Å². The average Bonchev–Trinajstić information content (AvgIpc) is 3.27. The summed E-state index contributed by atoms with van der Waals surface area (Å²) in [5.74, 6) is 0.883. The summed E-state index contributed by atoms with van der Waals surface area (Å²) < 4.78 is 7.54. The minimum atomic E-state index is 0.0131. The Kier molecular flexibility index (Phi) is 5.91. The van der Waals surface area contributed by atoms with E-state index >= 15 is 0 Å². The van der Waals surface area contributed by atoms with Crippen molar-refractivity contribution < 1.29 is 9.21 Å². The number of benzene rings is 1. The molecule has 0 atom stereocenters. The van der Waals surface area contributed by atoms with E-state index in [-0.39, 0.29) is 5.91 Å². The molecule has 27 heavy (non-hydrogen) atoms. The van der Waals surface area contributed by atoms with Crippen molar-refractivity contribution in [1.29, 1.82) is 0 Å². The maximum Gasteiger partial charge on any atom is 0.265 e.